The summed E-state index contributed by atoms with van der Waals surface area (Å²) in [5, 5.41) is 10.2. The van der Waals surface area contributed by atoms with Crippen LogP contribution in [-0.2, 0) is 11.2 Å². The van der Waals surface area contributed by atoms with Crippen LogP contribution < -0.4 is 4.90 Å². The second-order valence-corrected chi connectivity index (χ2v) is 6.56. The molecule has 2 aromatic heterocycles. The number of aliphatic carboxylic acids is 1. The Morgan fingerprint density at radius 3 is 2.73 bits per heavy atom. The Morgan fingerprint density at radius 1 is 1.27 bits per heavy atom. The lowest BCUT2D eigenvalue weighted by molar-refractivity contribution is -0.129. The number of para-hydroxylation sites is 1. The van der Waals surface area contributed by atoms with Crippen LogP contribution in [0, 0.1) is 0 Å². The molecule has 0 bridgehead atoms. The van der Waals surface area contributed by atoms with Gasteiger partial charge < -0.3 is 14.4 Å². The fourth-order valence-corrected chi connectivity index (χ4v) is 2.86. The predicted molar refractivity (Wildman–Crippen MR) is 99.2 cm³/mol. The number of carboxylic acids is 1. The number of benzene rings is 1. The highest BCUT2D eigenvalue weighted by Crippen LogP contribution is 2.36. The second kappa shape index (κ2) is 5.94. The Bertz CT molecular complexity index is 1020. The van der Waals surface area contributed by atoms with Crippen LogP contribution in [0.25, 0.3) is 22.4 Å². The molecule has 7 heteroatoms. The van der Waals surface area contributed by atoms with Crippen molar-refractivity contribution in [1.29, 1.82) is 0 Å². The third kappa shape index (κ3) is 2.61. The number of hydrogen-bond donors (Lipinski definition) is 1. The van der Waals surface area contributed by atoms with Crippen LogP contribution in [-0.4, -0.2) is 39.8 Å². The zero-order chi connectivity index (χ0) is 18.4. The van der Waals surface area contributed by atoms with Gasteiger partial charge >= 0.3 is 5.97 Å². The molecule has 0 radical (unpaired) electrons. The van der Waals surface area contributed by atoms with Crippen molar-refractivity contribution in [2.24, 2.45) is 4.99 Å². The first-order valence-corrected chi connectivity index (χ1v) is 8.37. The van der Waals surface area contributed by atoms with E-state index in [0.29, 0.717) is 28.8 Å². The molecule has 1 aliphatic rings. The number of fused-ring (bicyclic) bond motifs is 2. The predicted octanol–water partition coefficient (Wildman–Crippen LogP) is 3.45. The molecule has 1 aliphatic heterocycles. The van der Waals surface area contributed by atoms with Crippen LogP contribution in [0.5, 0.6) is 0 Å². The molecule has 0 saturated heterocycles. The number of carboxylic acid groups (broad SMARTS) is 1. The molecule has 0 fully saturated rings. The molecule has 1 N–H and O–H groups in total. The molecule has 0 aliphatic carbocycles. The van der Waals surface area contributed by atoms with E-state index < -0.39 is 5.97 Å². The van der Waals surface area contributed by atoms with Crippen molar-refractivity contribution in [2.45, 2.75) is 26.3 Å². The third-order valence-corrected chi connectivity index (χ3v) is 4.52. The number of furan rings is 1. The molecular formula is C19H18N4O3. The van der Waals surface area contributed by atoms with Crippen molar-refractivity contribution in [3.63, 3.8) is 0 Å². The summed E-state index contributed by atoms with van der Waals surface area (Å²) in [6.07, 6.45) is 0.178. The lowest BCUT2D eigenvalue weighted by Gasteiger charge is -2.24. The highest BCUT2D eigenvalue weighted by Gasteiger charge is 2.27. The van der Waals surface area contributed by atoms with E-state index in [-0.39, 0.29) is 18.2 Å². The molecule has 3 heterocycles. The van der Waals surface area contributed by atoms with Gasteiger partial charge in [0, 0.05) is 24.9 Å². The van der Waals surface area contributed by atoms with Gasteiger partial charge in [0.1, 0.15) is 11.3 Å². The summed E-state index contributed by atoms with van der Waals surface area (Å²) < 4.78 is 5.96. The van der Waals surface area contributed by atoms with Gasteiger partial charge in [-0.1, -0.05) is 18.2 Å². The van der Waals surface area contributed by atoms with Crippen molar-refractivity contribution in [3.8, 4) is 11.5 Å². The minimum Gasteiger partial charge on any atom is -0.477 e. The normalized spacial score (nSPS) is 13.2. The second-order valence-electron chi connectivity index (χ2n) is 6.56. The van der Waals surface area contributed by atoms with E-state index in [9.17, 15) is 9.90 Å². The molecule has 3 aromatic rings. The van der Waals surface area contributed by atoms with Crippen molar-refractivity contribution < 1.29 is 14.3 Å². The standard InChI is InChI=1S/C19H18N4O3/c1-10(2)23(3)18-16(15-8-11-6-4-5-7-14(11)26-15)22-17-12(21-18)9-13(20-17)19(24)25/h4-8,10H,9H2,1-3H3,(H,24,25). The van der Waals surface area contributed by atoms with Crippen molar-refractivity contribution in [2.75, 3.05) is 11.9 Å². The summed E-state index contributed by atoms with van der Waals surface area (Å²) in [6, 6.07) is 9.82. The molecule has 0 spiro atoms. The molecule has 1 aromatic carbocycles. The van der Waals surface area contributed by atoms with Gasteiger partial charge in [-0.25, -0.2) is 19.8 Å². The molecule has 0 unspecified atom stereocenters. The van der Waals surface area contributed by atoms with Crippen LogP contribution in [0.3, 0.4) is 0 Å². The first-order valence-electron chi connectivity index (χ1n) is 8.37. The minimum absolute atomic E-state index is 0.0555. The zero-order valence-electron chi connectivity index (χ0n) is 14.7. The average molecular weight is 350 g/mol. The maximum absolute atomic E-state index is 11.3. The smallest absolute Gasteiger partial charge is 0.350 e. The molecule has 0 saturated carbocycles. The summed E-state index contributed by atoms with van der Waals surface area (Å²) in [4.78, 5) is 26.7. The van der Waals surface area contributed by atoms with Gasteiger partial charge in [0.15, 0.2) is 23.1 Å². The number of carbonyl (C=O) groups is 1. The van der Waals surface area contributed by atoms with Gasteiger partial charge in [0.25, 0.3) is 0 Å². The summed E-state index contributed by atoms with van der Waals surface area (Å²) in [5.74, 6) is 0.537. The Balaban J connectivity index is 1.91. The van der Waals surface area contributed by atoms with E-state index in [1.54, 1.807) is 0 Å². The van der Waals surface area contributed by atoms with E-state index in [4.69, 9.17) is 4.42 Å². The summed E-state index contributed by atoms with van der Waals surface area (Å²) >= 11 is 0. The monoisotopic (exact) mass is 350 g/mol. The summed E-state index contributed by atoms with van der Waals surface area (Å²) in [5.41, 5.74) is 1.95. The number of anilines is 1. The molecule has 26 heavy (non-hydrogen) atoms. The average Bonchev–Trinajstić information content (AvgIpc) is 3.23. The van der Waals surface area contributed by atoms with Crippen molar-refractivity contribution in [1.82, 2.24) is 9.97 Å². The number of rotatable bonds is 4. The van der Waals surface area contributed by atoms with Gasteiger partial charge in [-0.05, 0) is 26.0 Å². The molecule has 7 nitrogen and oxygen atoms in total. The van der Waals surface area contributed by atoms with E-state index in [1.807, 2.05) is 42.3 Å². The summed E-state index contributed by atoms with van der Waals surface area (Å²) in [6.45, 7) is 4.10. The first kappa shape index (κ1) is 16.3. The van der Waals surface area contributed by atoms with Gasteiger partial charge in [-0.3, -0.25) is 0 Å². The van der Waals surface area contributed by atoms with Crippen LogP contribution in [0.15, 0.2) is 39.7 Å². The molecule has 0 atom stereocenters. The quantitative estimate of drug-likeness (QED) is 0.775. The molecule has 0 amide bonds. The lowest BCUT2D eigenvalue weighted by Crippen LogP contribution is -2.27. The Kier molecular flexibility index (Phi) is 3.72. The minimum atomic E-state index is -1.05. The van der Waals surface area contributed by atoms with Crippen molar-refractivity contribution in [3.05, 3.63) is 36.0 Å². The third-order valence-electron chi connectivity index (χ3n) is 4.52. The maximum atomic E-state index is 11.3. The van der Waals surface area contributed by atoms with Crippen LogP contribution >= 0.6 is 0 Å². The summed E-state index contributed by atoms with van der Waals surface area (Å²) in [7, 11) is 1.93. The molecule has 4 rings (SSSR count). The van der Waals surface area contributed by atoms with Gasteiger partial charge in [-0.2, -0.15) is 0 Å². The van der Waals surface area contributed by atoms with E-state index in [1.165, 1.54) is 0 Å². The van der Waals surface area contributed by atoms with Gasteiger partial charge in [0.2, 0.25) is 0 Å². The number of aromatic nitrogens is 2. The topological polar surface area (TPSA) is 91.8 Å². The molecular weight excluding hydrogens is 332 g/mol. The van der Waals surface area contributed by atoms with E-state index in [2.05, 4.69) is 28.8 Å². The number of hydrogen-bond acceptors (Lipinski definition) is 6. The van der Waals surface area contributed by atoms with Gasteiger partial charge in [-0.15, -0.1) is 0 Å². The van der Waals surface area contributed by atoms with Crippen LogP contribution in [0.1, 0.15) is 19.5 Å². The largest absolute Gasteiger partial charge is 0.477 e. The number of aliphatic imine (C=N–C) groups is 1. The Hall–Kier alpha value is -3.22. The fourth-order valence-electron chi connectivity index (χ4n) is 2.86. The van der Waals surface area contributed by atoms with Crippen molar-refractivity contribution >= 4 is 34.3 Å². The highest BCUT2D eigenvalue weighted by molar-refractivity contribution is 6.37. The van der Waals surface area contributed by atoms with E-state index in [0.717, 1.165) is 11.0 Å². The Morgan fingerprint density at radius 2 is 2.04 bits per heavy atom. The lowest BCUT2D eigenvalue weighted by atomic mass is 10.2. The Labute approximate surface area is 150 Å². The highest BCUT2D eigenvalue weighted by atomic mass is 16.4. The zero-order valence-corrected chi connectivity index (χ0v) is 14.7. The van der Waals surface area contributed by atoms with Crippen LogP contribution in [0.4, 0.5) is 11.6 Å². The fraction of sp³-hybridized carbons (Fsp3) is 0.263. The maximum Gasteiger partial charge on any atom is 0.350 e. The SMILES string of the molecule is CC(C)N(C)c1nc2c(nc1-c1cc3ccccc3o1)N=C(C(=O)O)C2. The van der Waals surface area contributed by atoms with E-state index >= 15 is 0 Å². The first-order chi connectivity index (χ1) is 12.4. The van der Waals surface area contributed by atoms with Crippen LogP contribution in [0.2, 0.25) is 0 Å². The van der Waals surface area contributed by atoms with Gasteiger partial charge in [0.05, 0.1) is 5.69 Å². The number of nitrogens with zero attached hydrogens (tertiary/aromatic N) is 4. The molecule has 132 valence electrons.